The van der Waals surface area contributed by atoms with E-state index in [1.165, 1.54) is 0 Å². The SMILES string of the molecule is CCOCOc1cc(C=O)ccc1-c1nnc(NC)nc1C. The van der Waals surface area contributed by atoms with E-state index in [4.69, 9.17) is 9.47 Å². The lowest BCUT2D eigenvalue weighted by Crippen LogP contribution is -2.06. The van der Waals surface area contributed by atoms with Crippen molar-refractivity contribution in [1.82, 2.24) is 15.2 Å². The van der Waals surface area contributed by atoms with Crippen molar-refractivity contribution in [1.29, 1.82) is 0 Å². The maximum Gasteiger partial charge on any atom is 0.242 e. The summed E-state index contributed by atoms with van der Waals surface area (Å²) in [5, 5.41) is 11.0. The van der Waals surface area contributed by atoms with E-state index >= 15 is 0 Å². The zero-order valence-corrected chi connectivity index (χ0v) is 12.8. The van der Waals surface area contributed by atoms with Gasteiger partial charge in [0, 0.05) is 24.8 Å². The standard InChI is InChI=1S/C15H18N4O3/c1-4-21-9-22-13-7-11(8-20)5-6-12(13)14-10(2)17-15(16-3)19-18-14/h5-8H,4,9H2,1-3H3,(H,16,17,19). The molecule has 0 amide bonds. The molecule has 0 bridgehead atoms. The first-order valence-electron chi connectivity index (χ1n) is 6.88. The predicted molar refractivity (Wildman–Crippen MR) is 82.1 cm³/mol. The molecule has 7 nitrogen and oxygen atoms in total. The van der Waals surface area contributed by atoms with Crippen LogP contribution < -0.4 is 10.1 Å². The summed E-state index contributed by atoms with van der Waals surface area (Å²) in [6.07, 6.45) is 0.762. The molecule has 0 radical (unpaired) electrons. The summed E-state index contributed by atoms with van der Waals surface area (Å²) in [7, 11) is 1.73. The molecule has 0 saturated carbocycles. The van der Waals surface area contributed by atoms with Crippen molar-refractivity contribution in [2.45, 2.75) is 13.8 Å². The van der Waals surface area contributed by atoms with Crippen LogP contribution in [0.25, 0.3) is 11.3 Å². The van der Waals surface area contributed by atoms with Gasteiger partial charge in [-0.05, 0) is 26.0 Å². The van der Waals surface area contributed by atoms with Gasteiger partial charge in [-0.1, -0.05) is 6.07 Å². The molecule has 0 aliphatic heterocycles. The zero-order valence-electron chi connectivity index (χ0n) is 12.8. The minimum Gasteiger partial charge on any atom is -0.467 e. The molecule has 0 unspecified atom stereocenters. The Hall–Kier alpha value is -2.54. The van der Waals surface area contributed by atoms with Gasteiger partial charge in [-0.15, -0.1) is 10.2 Å². The quantitative estimate of drug-likeness (QED) is 0.476. The van der Waals surface area contributed by atoms with Gasteiger partial charge in [-0.3, -0.25) is 4.79 Å². The van der Waals surface area contributed by atoms with Gasteiger partial charge in [-0.2, -0.15) is 0 Å². The van der Waals surface area contributed by atoms with Gasteiger partial charge < -0.3 is 14.8 Å². The topological polar surface area (TPSA) is 86.2 Å². The van der Waals surface area contributed by atoms with Crippen molar-refractivity contribution in [3.8, 4) is 17.0 Å². The van der Waals surface area contributed by atoms with Gasteiger partial charge in [0.25, 0.3) is 0 Å². The Morgan fingerprint density at radius 1 is 1.32 bits per heavy atom. The molecule has 2 aromatic rings. The Morgan fingerprint density at radius 2 is 2.14 bits per heavy atom. The summed E-state index contributed by atoms with van der Waals surface area (Å²) in [5.41, 5.74) is 2.54. The van der Waals surface area contributed by atoms with Crippen LogP contribution in [-0.2, 0) is 4.74 Å². The number of anilines is 1. The molecule has 1 N–H and O–H groups in total. The van der Waals surface area contributed by atoms with Crippen molar-refractivity contribution < 1.29 is 14.3 Å². The van der Waals surface area contributed by atoms with Gasteiger partial charge in [0.05, 0.1) is 5.69 Å². The van der Waals surface area contributed by atoms with Gasteiger partial charge in [-0.25, -0.2) is 4.98 Å². The van der Waals surface area contributed by atoms with Crippen LogP contribution in [0, 0.1) is 6.92 Å². The first-order chi connectivity index (χ1) is 10.7. The van der Waals surface area contributed by atoms with E-state index < -0.39 is 0 Å². The van der Waals surface area contributed by atoms with Crippen LogP contribution in [-0.4, -0.2) is 41.9 Å². The highest BCUT2D eigenvalue weighted by molar-refractivity contribution is 5.79. The number of aromatic nitrogens is 3. The smallest absolute Gasteiger partial charge is 0.242 e. The second kappa shape index (κ2) is 7.46. The second-order valence-corrected chi connectivity index (χ2v) is 4.45. The highest BCUT2D eigenvalue weighted by Gasteiger charge is 2.14. The number of benzene rings is 1. The zero-order chi connectivity index (χ0) is 15.9. The van der Waals surface area contributed by atoms with E-state index in [0.717, 1.165) is 6.29 Å². The first kappa shape index (κ1) is 15.8. The lowest BCUT2D eigenvalue weighted by Gasteiger charge is -2.12. The van der Waals surface area contributed by atoms with E-state index in [9.17, 15) is 4.79 Å². The molecule has 2 rings (SSSR count). The summed E-state index contributed by atoms with van der Waals surface area (Å²) >= 11 is 0. The third kappa shape index (κ3) is 3.56. The first-order valence-corrected chi connectivity index (χ1v) is 6.88. The molecular formula is C15H18N4O3. The van der Waals surface area contributed by atoms with Crippen LogP contribution in [0.1, 0.15) is 23.0 Å². The van der Waals surface area contributed by atoms with Gasteiger partial charge in [0.2, 0.25) is 5.95 Å². The molecule has 1 heterocycles. The lowest BCUT2D eigenvalue weighted by atomic mass is 10.1. The average molecular weight is 302 g/mol. The monoisotopic (exact) mass is 302 g/mol. The molecule has 0 aliphatic rings. The molecule has 116 valence electrons. The Balaban J connectivity index is 2.42. The number of aryl methyl sites for hydroxylation is 1. The molecule has 0 aliphatic carbocycles. The second-order valence-electron chi connectivity index (χ2n) is 4.45. The van der Waals surface area contributed by atoms with Crippen molar-refractivity contribution in [2.24, 2.45) is 0 Å². The van der Waals surface area contributed by atoms with E-state index in [0.29, 0.717) is 40.8 Å². The molecular weight excluding hydrogens is 284 g/mol. The number of carbonyl (C=O) groups is 1. The molecule has 22 heavy (non-hydrogen) atoms. The fourth-order valence-corrected chi connectivity index (χ4v) is 1.87. The molecule has 7 heteroatoms. The Bertz CT molecular complexity index is 661. The number of ether oxygens (including phenoxy) is 2. The highest BCUT2D eigenvalue weighted by atomic mass is 16.7. The molecule has 0 spiro atoms. The Morgan fingerprint density at radius 3 is 2.77 bits per heavy atom. The van der Waals surface area contributed by atoms with E-state index in [2.05, 4.69) is 20.5 Å². The van der Waals surface area contributed by atoms with Crippen LogP contribution in [0.4, 0.5) is 5.95 Å². The minimum absolute atomic E-state index is 0.0975. The van der Waals surface area contributed by atoms with E-state index in [-0.39, 0.29) is 6.79 Å². The maximum absolute atomic E-state index is 11.0. The van der Waals surface area contributed by atoms with Crippen molar-refractivity contribution in [3.05, 3.63) is 29.5 Å². The molecule has 0 atom stereocenters. The summed E-state index contributed by atoms with van der Waals surface area (Å²) in [4.78, 5) is 15.3. The third-order valence-electron chi connectivity index (χ3n) is 2.98. The summed E-state index contributed by atoms with van der Waals surface area (Å²) in [6, 6.07) is 5.11. The van der Waals surface area contributed by atoms with Gasteiger partial charge in [0.15, 0.2) is 6.79 Å². The summed E-state index contributed by atoms with van der Waals surface area (Å²) in [6.45, 7) is 4.35. The number of nitrogens with one attached hydrogen (secondary N) is 1. The number of hydrogen-bond acceptors (Lipinski definition) is 7. The van der Waals surface area contributed by atoms with Gasteiger partial charge in [0.1, 0.15) is 17.7 Å². The number of rotatable bonds is 7. The van der Waals surface area contributed by atoms with Crippen LogP contribution in [0.5, 0.6) is 5.75 Å². The van der Waals surface area contributed by atoms with E-state index in [1.54, 1.807) is 25.2 Å². The van der Waals surface area contributed by atoms with Gasteiger partial charge >= 0.3 is 0 Å². The molecule has 0 fully saturated rings. The number of nitrogens with zero attached hydrogens (tertiary/aromatic N) is 3. The number of aldehydes is 1. The lowest BCUT2D eigenvalue weighted by molar-refractivity contribution is 0.0227. The third-order valence-corrected chi connectivity index (χ3v) is 2.98. The van der Waals surface area contributed by atoms with Crippen molar-refractivity contribution in [2.75, 3.05) is 25.8 Å². The van der Waals surface area contributed by atoms with Crippen LogP contribution in [0.15, 0.2) is 18.2 Å². The molecule has 1 aromatic heterocycles. The van der Waals surface area contributed by atoms with E-state index in [1.807, 2.05) is 13.8 Å². The predicted octanol–water partition coefficient (Wildman–Crippen LogP) is 2.07. The summed E-state index contributed by atoms with van der Waals surface area (Å²) in [5.74, 6) is 0.956. The fourth-order valence-electron chi connectivity index (χ4n) is 1.87. The maximum atomic E-state index is 11.0. The minimum atomic E-state index is 0.0975. The van der Waals surface area contributed by atoms with Crippen molar-refractivity contribution in [3.63, 3.8) is 0 Å². The molecule has 0 saturated heterocycles. The largest absolute Gasteiger partial charge is 0.467 e. The number of hydrogen-bond donors (Lipinski definition) is 1. The normalized spacial score (nSPS) is 10.3. The van der Waals surface area contributed by atoms with Crippen LogP contribution >= 0.6 is 0 Å². The van der Waals surface area contributed by atoms with Crippen molar-refractivity contribution >= 4 is 12.2 Å². The molecule has 1 aromatic carbocycles. The highest BCUT2D eigenvalue weighted by Crippen LogP contribution is 2.31. The average Bonchev–Trinajstić information content (AvgIpc) is 2.55. The van der Waals surface area contributed by atoms with Crippen LogP contribution in [0.2, 0.25) is 0 Å². The summed E-state index contributed by atoms with van der Waals surface area (Å²) < 4.78 is 10.8. The Kier molecular flexibility index (Phi) is 5.37. The van der Waals surface area contributed by atoms with Crippen LogP contribution in [0.3, 0.4) is 0 Å². The fraction of sp³-hybridized carbons (Fsp3) is 0.333. The Labute approximate surface area is 128 Å². The number of carbonyl (C=O) groups excluding carboxylic acids is 1.